The van der Waals surface area contributed by atoms with Crippen LogP contribution in [0.25, 0.3) is 11.1 Å². The largest absolute Gasteiger partial charge is 0.508 e. The first-order valence-electron chi connectivity index (χ1n) is 6.43. The average Bonchev–Trinajstić information content (AvgIpc) is 2.40. The van der Waals surface area contributed by atoms with E-state index >= 15 is 0 Å². The van der Waals surface area contributed by atoms with Crippen LogP contribution in [-0.2, 0) is 4.74 Å². The lowest BCUT2D eigenvalue weighted by Crippen LogP contribution is -2.03. The molecule has 2 aromatic rings. The van der Waals surface area contributed by atoms with E-state index in [1.54, 1.807) is 12.1 Å². The number of phenols is 1. The van der Waals surface area contributed by atoms with Gasteiger partial charge in [0.05, 0.1) is 12.7 Å². The fourth-order valence-electron chi connectivity index (χ4n) is 2.50. The summed E-state index contributed by atoms with van der Waals surface area (Å²) in [6, 6.07) is 8.95. The molecule has 3 nitrogen and oxygen atoms in total. The number of hydrogen-bond donors (Lipinski definition) is 1. The monoisotopic (exact) mass is 270 g/mol. The first-order valence-corrected chi connectivity index (χ1v) is 6.43. The van der Waals surface area contributed by atoms with Gasteiger partial charge < -0.3 is 9.84 Å². The third kappa shape index (κ3) is 2.52. The zero-order chi connectivity index (χ0) is 14.9. The molecule has 20 heavy (non-hydrogen) atoms. The predicted molar refractivity (Wildman–Crippen MR) is 79.1 cm³/mol. The minimum atomic E-state index is -0.338. The highest BCUT2D eigenvalue weighted by Gasteiger charge is 2.14. The summed E-state index contributed by atoms with van der Waals surface area (Å²) < 4.78 is 4.76. The predicted octanol–water partition coefficient (Wildman–Crippen LogP) is 3.77. The molecule has 0 fully saturated rings. The molecule has 1 N–H and O–H groups in total. The van der Waals surface area contributed by atoms with E-state index in [0.29, 0.717) is 5.56 Å². The van der Waals surface area contributed by atoms with Crippen LogP contribution in [0, 0.1) is 20.8 Å². The zero-order valence-corrected chi connectivity index (χ0v) is 12.2. The Hall–Kier alpha value is -2.29. The highest BCUT2D eigenvalue weighted by Crippen LogP contribution is 2.33. The van der Waals surface area contributed by atoms with Crippen LogP contribution in [0.4, 0.5) is 0 Å². The molecule has 0 radical (unpaired) electrons. The summed E-state index contributed by atoms with van der Waals surface area (Å²) in [5.74, 6) is -0.100. The molecule has 104 valence electrons. The maximum atomic E-state index is 11.6. The van der Waals surface area contributed by atoms with Gasteiger partial charge in [0.25, 0.3) is 0 Å². The van der Waals surface area contributed by atoms with E-state index < -0.39 is 0 Å². The average molecular weight is 270 g/mol. The Balaban J connectivity index is 2.64. The molecule has 0 amide bonds. The summed E-state index contributed by atoms with van der Waals surface area (Å²) in [6.07, 6.45) is 0. The number of carbonyl (C=O) groups is 1. The second-order valence-electron chi connectivity index (χ2n) is 4.98. The summed E-state index contributed by atoms with van der Waals surface area (Å²) in [5.41, 5.74) is 5.63. The van der Waals surface area contributed by atoms with Gasteiger partial charge in [0.2, 0.25) is 0 Å². The van der Waals surface area contributed by atoms with Gasteiger partial charge in [-0.1, -0.05) is 6.07 Å². The SMILES string of the molecule is COC(=O)c1cc(C)c(-c2cc(O)ccc2C)c(C)c1. The van der Waals surface area contributed by atoms with Crippen LogP contribution in [0.2, 0.25) is 0 Å². The number of benzene rings is 2. The maximum absolute atomic E-state index is 11.6. The van der Waals surface area contributed by atoms with Crippen molar-refractivity contribution in [1.82, 2.24) is 0 Å². The van der Waals surface area contributed by atoms with Gasteiger partial charge in [0.15, 0.2) is 0 Å². The molecule has 0 aliphatic rings. The Kier molecular flexibility index (Phi) is 3.79. The summed E-state index contributed by atoms with van der Waals surface area (Å²) >= 11 is 0. The van der Waals surface area contributed by atoms with Gasteiger partial charge in [0.1, 0.15) is 5.75 Å². The third-order valence-corrected chi connectivity index (χ3v) is 3.44. The molecule has 0 unspecified atom stereocenters. The van der Waals surface area contributed by atoms with Gasteiger partial charge in [-0.3, -0.25) is 0 Å². The molecule has 2 rings (SSSR count). The molecule has 3 heteroatoms. The fourth-order valence-corrected chi connectivity index (χ4v) is 2.50. The number of aromatic hydroxyl groups is 1. The number of rotatable bonds is 2. The van der Waals surface area contributed by atoms with Gasteiger partial charge in [-0.15, -0.1) is 0 Å². The quantitative estimate of drug-likeness (QED) is 0.845. The van der Waals surface area contributed by atoms with Crippen LogP contribution in [0.1, 0.15) is 27.0 Å². The van der Waals surface area contributed by atoms with Crippen molar-refractivity contribution in [3.05, 3.63) is 52.6 Å². The van der Waals surface area contributed by atoms with Gasteiger partial charge in [0, 0.05) is 0 Å². The molecule has 0 spiro atoms. The van der Waals surface area contributed by atoms with Crippen LogP contribution >= 0.6 is 0 Å². The number of carbonyl (C=O) groups excluding carboxylic acids is 1. The van der Waals surface area contributed by atoms with Gasteiger partial charge >= 0.3 is 5.97 Å². The standard InChI is InChI=1S/C17H18O3/c1-10-5-6-14(18)9-15(10)16-11(2)7-13(8-12(16)3)17(19)20-4/h5-9,18H,1-4H3. The van der Waals surface area contributed by atoms with Crippen molar-refractivity contribution in [2.24, 2.45) is 0 Å². The second kappa shape index (κ2) is 5.37. The Morgan fingerprint density at radius 2 is 1.60 bits per heavy atom. The van der Waals surface area contributed by atoms with E-state index in [9.17, 15) is 9.90 Å². The molecular formula is C17H18O3. The van der Waals surface area contributed by atoms with E-state index in [-0.39, 0.29) is 11.7 Å². The summed E-state index contributed by atoms with van der Waals surface area (Å²) in [7, 11) is 1.38. The molecule has 2 aromatic carbocycles. The van der Waals surface area contributed by atoms with Crippen LogP contribution < -0.4 is 0 Å². The number of esters is 1. The minimum absolute atomic E-state index is 0.237. The Morgan fingerprint density at radius 3 is 2.15 bits per heavy atom. The zero-order valence-electron chi connectivity index (χ0n) is 12.2. The smallest absolute Gasteiger partial charge is 0.337 e. The number of hydrogen-bond acceptors (Lipinski definition) is 3. The van der Waals surface area contributed by atoms with E-state index in [0.717, 1.165) is 27.8 Å². The lowest BCUT2D eigenvalue weighted by atomic mass is 9.91. The summed E-state index contributed by atoms with van der Waals surface area (Å²) in [5, 5.41) is 9.69. The summed E-state index contributed by atoms with van der Waals surface area (Å²) in [6.45, 7) is 5.92. The second-order valence-corrected chi connectivity index (χ2v) is 4.98. The summed E-state index contributed by atoms with van der Waals surface area (Å²) in [4.78, 5) is 11.6. The van der Waals surface area contributed by atoms with Gasteiger partial charge in [-0.05, 0) is 72.9 Å². The first kappa shape index (κ1) is 14.1. The number of methoxy groups -OCH3 is 1. The maximum Gasteiger partial charge on any atom is 0.337 e. The molecule has 0 heterocycles. The molecule has 0 atom stereocenters. The molecular weight excluding hydrogens is 252 g/mol. The topological polar surface area (TPSA) is 46.5 Å². The number of phenolic OH excluding ortho intramolecular Hbond substituents is 1. The molecule has 0 bridgehead atoms. The number of ether oxygens (including phenoxy) is 1. The molecule has 0 aliphatic carbocycles. The highest BCUT2D eigenvalue weighted by molar-refractivity contribution is 5.91. The third-order valence-electron chi connectivity index (χ3n) is 3.44. The molecule has 0 saturated heterocycles. The van der Waals surface area contributed by atoms with Crippen LogP contribution in [0.15, 0.2) is 30.3 Å². The van der Waals surface area contributed by atoms with Crippen molar-refractivity contribution in [2.45, 2.75) is 20.8 Å². The normalized spacial score (nSPS) is 10.4. The van der Waals surface area contributed by atoms with E-state index in [1.165, 1.54) is 7.11 Å². The highest BCUT2D eigenvalue weighted by atomic mass is 16.5. The van der Waals surface area contributed by atoms with Crippen molar-refractivity contribution in [3.8, 4) is 16.9 Å². The van der Waals surface area contributed by atoms with Gasteiger partial charge in [-0.2, -0.15) is 0 Å². The molecule has 0 aliphatic heterocycles. The molecule has 0 aromatic heterocycles. The first-order chi connectivity index (χ1) is 9.43. The lowest BCUT2D eigenvalue weighted by molar-refractivity contribution is 0.0600. The Labute approximate surface area is 118 Å². The van der Waals surface area contributed by atoms with Gasteiger partial charge in [-0.25, -0.2) is 4.79 Å². The Bertz CT molecular complexity index is 649. The Morgan fingerprint density at radius 1 is 1.00 bits per heavy atom. The molecule has 0 saturated carbocycles. The van der Waals surface area contributed by atoms with Crippen LogP contribution in [0.3, 0.4) is 0 Å². The lowest BCUT2D eigenvalue weighted by Gasteiger charge is -2.14. The van der Waals surface area contributed by atoms with E-state index in [2.05, 4.69) is 0 Å². The van der Waals surface area contributed by atoms with Crippen molar-refractivity contribution >= 4 is 5.97 Å². The van der Waals surface area contributed by atoms with Crippen molar-refractivity contribution in [2.75, 3.05) is 7.11 Å². The van der Waals surface area contributed by atoms with E-state index in [1.807, 2.05) is 39.0 Å². The fraction of sp³-hybridized carbons (Fsp3) is 0.235. The van der Waals surface area contributed by atoms with E-state index in [4.69, 9.17) is 4.74 Å². The van der Waals surface area contributed by atoms with Crippen molar-refractivity contribution < 1.29 is 14.6 Å². The van der Waals surface area contributed by atoms with Crippen LogP contribution in [0.5, 0.6) is 5.75 Å². The number of aryl methyl sites for hydroxylation is 3. The minimum Gasteiger partial charge on any atom is -0.508 e. The van der Waals surface area contributed by atoms with Crippen LogP contribution in [-0.4, -0.2) is 18.2 Å². The van der Waals surface area contributed by atoms with Crippen molar-refractivity contribution in [3.63, 3.8) is 0 Å². The van der Waals surface area contributed by atoms with Crippen molar-refractivity contribution in [1.29, 1.82) is 0 Å².